The average Bonchev–Trinajstić information content (AvgIpc) is 3.15. The van der Waals surface area contributed by atoms with Gasteiger partial charge in [0.2, 0.25) is 5.91 Å². The summed E-state index contributed by atoms with van der Waals surface area (Å²) in [7, 11) is 0. The Hall–Kier alpha value is -1.56. The Morgan fingerprint density at radius 1 is 1.15 bits per heavy atom. The van der Waals surface area contributed by atoms with E-state index in [2.05, 4.69) is 36.1 Å². The molecule has 0 aromatic heterocycles. The number of aliphatic hydroxyl groups excluding tert-OH is 2. The third kappa shape index (κ3) is 4.64. The summed E-state index contributed by atoms with van der Waals surface area (Å²) >= 11 is 0. The lowest BCUT2D eigenvalue weighted by Crippen LogP contribution is -2.58. The van der Waals surface area contributed by atoms with Crippen molar-refractivity contribution in [2.45, 2.75) is 97.2 Å². The molecule has 4 aliphatic carbocycles. The number of azide groups is 1. The summed E-state index contributed by atoms with van der Waals surface area (Å²) in [6, 6.07) is 0. The molecule has 7 nitrogen and oxygen atoms in total. The molecule has 4 saturated carbocycles. The van der Waals surface area contributed by atoms with Crippen LogP contribution in [0.4, 0.5) is 0 Å². The Balaban J connectivity index is 1.38. The topological polar surface area (TPSA) is 118 Å². The number of fused-ring (bicyclic) bond motifs is 5. The smallest absolute Gasteiger partial charge is 0.243 e. The van der Waals surface area contributed by atoms with Gasteiger partial charge in [0, 0.05) is 4.91 Å². The van der Waals surface area contributed by atoms with Crippen LogP contribution in [0, 0.1) is 46.3 Å². The highest BCUT2D eigenvalue weighted by Gasteiger charge is 2.62. The minimum atomic E-state index is -0.223. The van der Waals surface area contributed by atoms with Gasteiger partial charge in [0.1, 0.15) is 0 Å². The van der Waals surface area contributed by atoms with Crippen LogP contribution in [-0.2, 0) is 4.79 Å². The zero-order chi connectivity index (χ0) is 24.5. The van der Waals surface area contributed by atoms with E-state index in [1.807, 2.05) is 6.08 Å². The van der Waals surface area contributed by atoms with E-state index < -0.39 is 0 Å². The summed E-state index contributed by atoms with van der Waals surface area (Å²) in [4.78, 5) is 14.4. The molecule has 0 spiro atoms. The standard InChI is InChI=1S/C27H44N4O3/c1-17(6-4-5-7-24(34)29-16-30-31-28)20-8-9-21-25-22(11-13-27(20,21)3)26(2)12-10-19(32)14-18(26)15-23(25)33/h5,7,17-23,25,32-33H,4,6,8-16H2,1-3H3,(H,29,34)/b7-5+. The van der Waals surface area contributed by atoms with E-state index in [4.69, 9.17) is 5.53 Å². The van der Waals surface area contributed by atoms with Crippen molar-refractivity contribution in [3.63, 3.8) is 0 Å². The van der Waals surface area contributed by atoms with Crippen LogP contribution in [0.15, 0.2) is 17.3 Å². The van der Waals surface area contributed by atoms with Gasteiger partial charge in [0.25, 0.3) is 0 Å². The first kappa shape index (κ1) is 25.5. The highest BCUT2D eigenvalue weighted by molar-refractivity contribution is 5.87. The van der Waals surface area contributed by atoms with E-state index in [9.17, 15) is 15.0 Å². The summed E-state index contributed by atoms with van der Waals surface area (Å²) in [6.07, 6.45) is 13.7. The quantitative estimate of drug-likeness (QED) is 0.201. The Morgan fingerprint density at radius 2 is 1.88 bits per heavy atom. The number of amides is 1. The number of carbonyl (C=O) groups is 1. The summed E-state index contributed by atoms with van der Waals surface area (Å²) in [5.74, 6) is 3.08. The fourth-order valence-corrected chi connectivity index (χ4v) is 9.13. The summed E-state index contributed by atoms with van der Waals surface area (Å²) < 4.78 is 0. The van der Waals surface area contributed by atoms with Crippen LogP contribution in [0.2, 0.25) is 0 Å². The molecule has 0 aromatic rings. The maximum Gasteiger partial charge on any atom is 0.243 e. The van der Waals surface area contributed by atoms with E-state index >= 15 is 0 Å². The van der Waals surface area contributed by atoms with E-state index in [-0.39, 0.29) is 35.6 Å². The van der Waals surface area contributed by atoms with Crippen LogP contribution >= 0.6 is 0 Å². The molecule has 0 radical (unpaired) electrons. The molecule has 0 heterocycles. The lowest BCUT2D eigenvalue weighted by atomic mass is 9.43. The largest absolute Gasteiger partial charge is 0.393 e. The van der Waals surface area contributed by atoms with Crippen LogP contribution in [0.25, 0.3) is 10.4 Å². The number of aliphatic hydroxyl groups is 2. The maximum atomic E-state index is 11.7. The molecule has 0 aliphatic heterocycles. The monoisotopic (exact) mass is 472 g/mol. The second-order valence-electron chi connectivity index (χ2n) is 12.3. The number of rotatable bonds is 7. The molecular weight excluding hydrogens is 428 g/mol. The number of nitrogens with one attached hydrogen (secondary N) is 1. The number of hydrogen-bond acceptors (Lipinski definition) is 4. The minimum Gasteiger partial charge on any atom is -0.393 e. The average molecular weight is 473 g/mol. The molecule has 0 saturated heterocycles. The van der Waals surface area contributed by atoms with Gasteiger partial charge in [-0.15, -0.1) is 0 Å². The molecule has 4 aliphatic rings. The third-order valence-corrected chi connectivity index (χ3v) is 10.9. The van der Waals surface area contributed by atoms with Gasteiger partial charge in [-0.25, -0.2) is 0 Å². The van der Waals surface area contributed by atoms with Gasteiger partial charge in [-0.2, -0.15) is 0 Å². The Kier molecular flexibility index (Phi) is 7.66. The van der Waals surface area contributed by atoms with Crippen molar-refractivity contribution in [2.75, 3.05) is 6.67 Å². The van der Waals surface area contributed by atoms with Crippen LogP contribution in [0.3, 0.4) is 0 Å². The van der Waals surface area contributed by atoms with E-state index in [1.165, 1.54) is 25.7 Å². The second-order valence-corrected chi connectivity index (χ2v) is 12.3. The normalized spacial score (nSPS) is 44.4. The fourth-order valence-electron chi connectivity index (χ4n) is 9.13. The molecule has 4 rings (SSSR count). The first-order chi connectivity index (χ1) is 16.2. The molecule has 190 valence electrons. The highest BCUT2D eigenvalue weighted by atomic mass is 16.3. The van der Waals surface area contributed by atoms with Crippen LogP contribution in [0.5, 0.6) is 0 Å². The van der Waals surface area contributed by atoms with Crippen LogP contribution in [-0.4, -0.2) is 35.0 Å². The van der Waals surface area contributed by atoms with Gasteiger partial charge < -0.3 is 15.5 Å². The molecule has 1 amide bonds. The molecule has 0 aromatic carbocycles. The summed E-state index contributed by atoms with van der Waals surface area (Å²) in [5, 5.41) is 27.5. The van der Waals surface area contributed by atoms with Crippen LogP contribution < -0.4 is 5.32 Å². The van der Waals surface area contributed by atoms with E-state index in [0.717, 1.165) is 38.5 Å². The second kappa shape index (κ2) is 10.2. The molecule has 4 fully saturated rings. The minimum absolute atomic E-state index is 0.0215. The van der Waals surface area contributed by atoms with Crippen molar-refractivity contribution < 1.29 is 15.0 Å². The zero-order valence-electron chi connectivity index (χ0n) is 21.2. The molecule has 10 unspecified atom stereocenters. The van der Waals surface area contributed by atoms with Crippen molar-refractivity contribution >= 4 is 5.91 Å². The maximum absolute atomic E-state index is 11.7. The van der Waals surface area contributed by atoms with Gasteiger partial charge in [0.05, 0.1) is 18.9 Å². The fraction of sp³-hybridized carbons (Fsp3) is 0.889. The Morgan fingerprint density at radius 3 is 2.65 bits per heavy atom. The molecule has 10 atom stereocenters. The summed E-state index contributed by atoms with van der Waals surface area (Å²) in [5.41, 5.74) is 8.84. The SMILES string of the molecule is CC(CC/C=C/C(=O)NCN=[N+]=[N-])C1CCC2C3C(O)CC4CC(O)CCC4(C)C3CCC12C. The lowest BCUT2D eigenvalue weighted by molar-refractivity contribution is -0.174. The van der Waals surface area contributed by atoms with Crippen molar-refractivity contribution in [3.8, 4) is 0 Å². The number of carbonyl (C=O) groups excluding carboxylic acids is 1. The van der Waals surface area contributed by atoms with Crippen molar-refractivity contribution in [1.82, 2.24) is 5.32 Å². The lowest BCUT2D eigenvalue weighted by Gasteiger charge is -2.62. The molecule has 34 heavy (non-hydrogen) atoms. The number of allylic oxidation sites excluding steroid dienone is 1. The van der Waals surface area contributed by atoms with Gasteiger partial charge >= 0.3 is 0 Å². The van der Waals surface area contributed by atoms with E-state index in [1.54, 1.807) is 6.08 Å². The van der Waals surface area contributed by atoms with Gasteiger partial charge in [-0.3, -0.25) is 4.79 Å². The predicted octanol–water partition coefficient (Wildman–Crippen LogP) is 5.33. The Bertz CT molecular complexity index is 827. The third-order valence-electron chi connectivity index (χ3n) is 10.9. The van der Waals surface area contributed by atoms with Crippen molar-refractivity contribution in [1.29, 1.82) is 0 Å². The van der Waals surface area contributed by atoms with Gasteiger partial charge in [-0.1, -0.05) is 32.0 Å². The van der Waals surface area contributed by atoms with Crippen LogP contribution in [0.1, 0.15) is 85.0 Å². The zero-order valence-corrected chi connectivity index (χ0v) is 21.2. The predicted molar refractivity (Wildman–Crippen MR) is 132 cm³/mol. The number of nitrogens with zero attached hydrogens (tertiary/aromatic N) is 3. The van der Waals surface area contributed by atoms with Gasteiger partial charge in [0.15, 0.2) is 0 Å². The number of hydrogen-bond donors (Lipinski definition) is 3. The first-order valence-electron chi connectivity index (χ1n) is 13.5. The molecule has 0 bridgehead atoms. The van der Waals surface area contributed by atoms with Crippen molar-refractivity contribution in [3.05, 3.63) is 22.6 Å². The highest BCUT2D eigenvalue weighted by Crippen LogP contribution is 2.68. The Labute approximate surface area is 204 Å². The van der Waals surface area contributed by atoms with Gasteiger partial charge in [-0.05, 0) is 122 Å². The molecular formula is C27H44N4O3. The summed E-state index contributed by atoms with van der Waals surface area (Å²) in [6.45, 7) is 7.33. The van der Waals surface area contributed by atoms with E-state index in [0.29, 0.717) is 35.5 Å². The van der Waals surface area contributed by atoms with Crippen molar-refractivity contribution in [2.24, 2.45) is 51.5 Å². The first-order valence-corrected chi connectivity index (χ1v) is 13.5. The molecule has 3 N–H and O–H groups in total. The molecule has 7 heteroatoms.